The van der Waals surface area contributed by atoms with Crippen LogP contribution in [0.15, 0.2) is 0 Å². The van der Waals surface area contributed by atoms with Crippen LogP contribution in [-0.2, 0) is 9.53 Å². The Bertz CT molecular complexity index is 182. The maximum absolute atomic E-state index is 13.4. The summed E-state index contributed by atoms with van der Waals surface area (Å²) in [5.41, 5.74) is -2.10. The molecule has 1 aliphatic rings. The van der Waals surface area contributed by atoms with Crippen molar-refractivity contribution in [3.63, 3.8) is 0 Å². The van der Waals surface area contributed by atoms with Gasteiger partial charge in [-0.1, -0.05) is 0 Å². The summed E-state index contributed by atoms with van der Waals surface area (Å²) < 4.78 is 18.1. The molecule has 1 heterocycles. The molecule has 0 saturated carbocycles. The molecule has 1 saturated heterocycles. The lowest BCUT2D eigenvalue weighted by atomic mass is 9.96. The van der Waals surface area contributed by atoms with Crippen LogP contribution in [-0.4, -0.2) is 47.1 Å². The molecule has 4 nitrogen and oxygen atoms in total. The van der Waals surface area contributed by atoms with Crippen LogP contribution in [0.25, 0.3) is 0 Å². The van der Waals surface area contributed by atoms with E-state index in [0.29, 0.717) is 6.29 Å². The number of aliphatic hydroxyl groups excluding tert-OH is 2. The van der Waals surface area contributed by atoms with Crippen LogP contribution >= 0.6 is 0 Å². The van der Waals surface area contributed by atoms with Crippen LogP contribution in [0.3, 0.4) is 0 Å². The van der Waals surface area contributed by atoms with E-state index in [9.17, 15) is 14.3 Å². The largest absolute Gasteiger partial charge is 0.394 e. The summed E-state index contributed by atoms with van der Waals surface area (Å²) in [6.07, 6.45) is -3.45. The summed E-state index contributed by atoms with van der Waals surface area (Å²) in [5, 5.41) is 17.8. The van der Waals surface area contributed by atoms with Crippen molar-refractivity contribution in [3.05, 3.63) is 0 Å². The minimum atomic E-state index is -2.10. The normalized spacial score (nSPS) is 47.8. The first-order valence-corrected chi connectivity index (χ1v) is 3.62. The van der Waals surface area contributed by atoms with Gasteiger partial charge in [-0.2, -0.15) is 0 Å². The van der Waals surface area contributed by atoms with Crippen molar-refractivity contribution >= 4 is 6.29 Å². The van der Waals surface area contributed by atoms with Gasteiger partial charge in [-0.3, -0.25) is 0 Å². The number of carbonyl (C=O) groups excluding carboxylic acids is 1. The predicted octanol–water partition coefficient (Wildman–Crippen LogP) is -0.966. The first kappa shape index (κ1) is 9.57. The highest BCUT2D eigenvalue weighted by Crippen LogP contribution is 2.33. The van der Waals surface area contributed by atoms with E-state index in [1.54, 1.807) is 0 Å². The van der Waals surface area contributed by atoms with Crippen molar-refractivity contribution < 1.29 is 24.1 Å². The van der Waals surface area contributed by atoms with E-state index in [4.69, 9.17) is 9.84 Å². The molecular formula is C7H11FO4. The standard InChI is InChI=1S/C7H11FO4/c1-7(8)5(3-10)12-4(2-9)6(7)11/h3-6,9,11H,2H2,1H3/t4-,5?,6-,7+/m1/s1. The number of ether oxygens (including phenoxy) is 1. The van der Waals surface area contributed by atoms with Crippen molar-refractivity contribution in [2.24, 2.45) is 0 Å². The smallest absolute Gasteiger partial charge is 0.169 e. The third-order valence-electron chi connectivity index (χ3n) is 2.11. The predicted molar refractivity (Wildman–Crippen MR) is 37.3 cm³/mol. The molecule has 0 bridgehead atoms. The minimum absolute atomic E-state index is 0.291. The number of rotatable bonds is 2. The molecule has 4 atom stereocenters. The summed E-state index contributed by atoms with van der Waals surface area (Å²) in [4.78, 5) is 10.3. The summed E-state index contributed by atoms with van der Waals surface area (Å²) in [6, 6.07) is 0. The number of alkyl halides is 1. The monoisotopic (exact) mass is 178 g/mol. The third kappa shape index (κ3) is 1.24. The van der Waals surface area contributed by atoms with E-state index in [1.165, 1.54) is 0 Å². The highest BCUT2D eigenvalue weighted by atomic mass is 19.1. The molecule has 0 aromatic carbocycles. The molecule has 2 N–H and O–H groups in total. The zero-order valence-corrected chi connectivity index (χ0v) is 6.61. The van der Waals surface area contributed by atoms with Gasteiger partial charge >= 0.3 is 0 Å². The lowest BCUT2D eigenvalue weighted by Crippen LogP contribution is -2.42. The van der Waals surface area contributed by atoms with Crippen molar-refractivity contribution in [2.45, 2.75) is 30.9 Å². The Morgan fingerprint density at radius 1 is 1.75 bits per heavy atom. The van der Waals surface area contributed by atoms with Crippen LogP contribution in [0, 0.1) is 0 Å². The topological polar surface area (TPSA) is 66.8 Å². The molecule has 5 heteroatoms. The molecule has 1 fully saturated rings. The van der Waals surface area contributed by atoms with Crippen LogP contribution < -0.4 is 0 Å². The van der Waals surface area contributed by atoms with Crippen molar-refractivity contribution in [2.75, 3.05) is 6.61 Å². The number of aliphatic hydroxyl groups is 2. The van der Waals surface area contributed by atoms with E-state index in [-0.39, 0.29) is 0 Å². The van der Waals surface area contributed by atoms with Gasteiger partial charge < -0.3 is 19.7 Å². The second-order valence-electron chi connectivity index (χ2n) is 3.01. The summed E-state index contributed by atoms with van der Waals surface area (Å²) >= 11 is 0. The molecule has 1 unspecified atom stereocenters. The van der Waals surface area contributed by atoms with Crippen LogP contribution in [0.5, 0.6) is 0 Å². The van der Waals surface area contributed by atoms with Gasteiger partial charge in [0.25, 0.3) is 0 Å². The second kappa shape index (κ2) is 3.08. The van der Waals surface area contributed by atoms with E-state index < -0.39 is 30.6 Å². The molecule has 0 amide bonds. The Labute approximate surface area is 69.0 Å². The Morgan fingerprint density at radius 3 is 2.58 bits per heavy atom. The van der Waals surface area contributed by atoms with Crippen LogP contribution in [0.2, 0.25) is 0 Å². The van der Waals surface area contributed by atoms with Crippen LogP contribution in [0.4, 0.5) is 4.39 Å². The summed E-state index contributed by atoms with van der Waals surface area (Å²) in [5.74, 6) is 0. The van der Waals surface area contributed by atoms with Crippen molar-refractivity contribution in [3.8, 4) is 0 Å². The fourth-order valence-corrected chi connectivity index (χ4v) is 1.24. The molecular weight excluding hydrogens is 167 g/mol. The Kier molecular flexibility index (Phi) is 2.46. The first-order chi connectivity index (χ1) is 5.54. The summed E-state index contributed by atoms with van der Waals surface area (Å²) in [6.45, 7) is 0.581. The molecule has 12 heavy (non-hydrogen) atoms. The van der Waals surface area contributed by atoms with Gasteiger partial charge in [0.2, 0.25) is 0 Å². The third-order valence-corrected chi connectivity index (χ3v) is 2.11. The van der Waals surface area contributed by atoms with Gasteiger partial charge in [-0.25, -0.2) is 4.39 Å². The lowest BCUT2D eigenvalue weighted by Gasteiger charge is -2.19. The van der Waals surface area contributed by atoms with Gasteiger partial charge in [0, 0.05) is 0 Å². The number of hydrogen-bond donors (Lipinski definition) is 2. The number of hydrogen-bond acceptors (Lipinski definition) is 4. The molecule has 1 aliphatic heterocycles. The molecule has 1 rings (SSSR count). The number of aldehydes is 1. The number of carbonyl (C=O) groups is 1. The van der Waals surface area contributed by atoms with E-state index in [1.807, 2.05) is 0 Å². The van der Waals surface area contributed by atoms with Crippen molar-refractivity contribution in [1.29, 1.82) is 0 Å². The first-order valence-electron chi connectivity index (χ1n) is 3.62. The highest BCUT2D eigenvalue weighted by molar-refractivity contribution is 5.59. The Morgan fingerprint density at radius 2 is 2.33 bits per heavy atom. The minimum Gasteiger partial charge on any atom is -0.394 e. The van der Waals surface area contributed by atoms with Gasteiger partial charge in [0.05, 0.1) is 6.61 Å². The molecule has 0 aliphatic carbocycles. The zero-order chi connectivity index (χ0) is 9.35. The summed E-state index contributed by atoms with van der Waals surface area (Å²) in [7, 11) is 0. The Hall–Kier alpha value is -0.520. The number of halogens is 1. The Balaban J connectivity index is 2.79. The highest BCUT2D eigenvalue weighted by Gasteiger charge is 2.53. The molecule has 0 aromatic heterocycles. The fourth-order valence-electron chi connectivity index (χ4n) is 1.24. The van der Waals surface area contributed by atoms with Gasteiger partial charge in [-0.05, 0) is 6.92 Å². The van der Waals surface area contributed by atoms with Gasteiger partial charge in [-0.15, -0.1) is 0 Å². The maximum atomic E-state index is 13.4. The average Bonchev–Trinajstić information content (AvgIpc) is 2.25. The van der Waals surface area contributed by atoms with Crippen molar-refractivity contribution in [1.82, 2.24) is 0 Å². The molecule has 70 valence electrons. The molecule has 0 aromatic rings. The molecule has 0 spiro atoms. The van der Waals surface area contributed by atoms with E-state index in [2.05, 4.69) is 0 Å². The second-order valence-corrected chi connectivity index (χ2v) is 3.01. The lowest BCUT2D eigenvalue weighted by molar-refractivity contribution is -0.122. The molecule has 0 radical (unpaired) electrons. The van der Waals surface area contributed by atoms with Gasteiger partial charge in [0.1, 0.15) is 18.3 Å². The SMILES string of the molecule is C[C@]1(F)C(C=O)O[C@H](CO)[C@H]1O. The van der Waals surface area contributed by atoms with Gasteiger partial charge in [0.15, 0.2) is 12.0 Å². The zero-order valence-electron chi connectivity index (χ0n) is 6.61. The van der Waals surface area contributed by atoms with E-state index >= 15 is 0 Å². The average molecular weight is 178 g/mol. The van der Waals surface area contributed by atoms with E-state index in [0.717, 1.165) is 6.92 Å². The fraction of sp³-hybridized carbons (Fsp3) is 0.857. The maximum Gasteiger partial charge on any atom is 0.169 e. The quantitative estimate of drug-likeness (QED) is 0.534. The van der Waals surface area contributed by atoms with Crippen LogP contribution in [0.1, 0.15) is 6.92 Å².